The summed E-state index contributed by atoms with van der Waals surface area (Å²) in [5.74, 6) is 1.94. The molecular formula is C57H33N3. The molecule has 0 bridgehead atoms. The van der Waals surface area contributed by atoms with Gasteiger partial charge in [0, 0.05) is 16.7 Å². The molecule has 0 unspecified atom stereocenters. The number of hydrogen-bond donors (Lipinski definition) is 0. The minimum atomic E-state index is 0.647. The monoisotopic (exact) mass is 759 g/mol. The second-order valence-electron chi connectivity index (χ2n) is 15.9. The van der Waals surface area contributed by atoms with Gasteiger partial charge in [-0.25, -0.2) is 15.0 Å². The van der Waals surface area contributed by atoms with Gasteiger partial charge in [0.25, 0.3) is 0 Å². The molecule has 3 nitrogen and oxygen atoms in total. The molecule has 276 valence electrons. The van der Waals surface area contributed by atoms with Crippen LogP contribution in [0, 0.1) is 0 Å². The Morgan fingerprint density at radius 1 is 0.217 bits per heavy atom. The van der Waals surface area contributed by atoms with Gasteiger partial charge in [-0.2, -0.15) is 0 Å². The van der Waals surface area contributed by atoms with Crippen molar-refractivity contribution < 1.29 is 0 Å². The van der Waals surface area contributed by atoms with E-state index in [1.54, 1.807) is 0 Å². The molecule has 0 N–H and O–H groups in total. The van der Waals surface area contributed by atoms with Crippen LogP contribution in [-0.2, 0) is 0 Å². The van der Waals surface area contributed by atoms with Crippen molar-refractivity contribution >= 4 is 86.2 Å². The van der Waals surface area contributed by atoms with E-state index >= 15 is 0 Å². The molecule has 0 saturated heterocycles. The predicted octanol–water partition coefficient (Wildman–Crippen LogP) is 15.2. The minimum absolute atomic E-state index is 0.647. The van der Waals surface area contributed by atoms with Crippen LogP contribution in [-0.4, -0.2) is 15.0 Å². The fourth-order valence-corrected chi connectivity index (χ4v) is 9.86. The molecule has 0 saturated carbocycles. The Bertz CT molecular complexity index is 3880. The molecule has 0 amide bonds. The van der Waals surface area contributed by atoms with E-state index in [0.717, 1.165) is 32.8 Å². The molecule has 13 rings (SSSR count). The van der Waals surface area contributed by atoms with E-state index < -0.39 is 0 Å². The van der Waals surface area contributed by atoms with Crippen molar-refractivity contribution in [3.63, 3.8) is 0 Å². The van der Waals surface area contributed by atoms with E-state index in [-0.39, 0.29) is 0 Å². The summed E-state index contributed by atoms with van der Waals surface area (Å²) in [4.78, 5) is 15.5. The third kappa shape index (κ3) is 4.93. The van der Waals surface area contributed by atoms with Crippen molar-refractivity contribution in [2.45, 2.75) is 0 Å². The second-order valence-corrected chi connectivity index (χ2v) is 15.9. The highest BCUT2D eigenvalue weighted by Crippen LogP contribution is 2.45. The lowest BCUT2D eigenvalue weighted by molar-refractivity contribution is 1.08. The number of aromatic nitrogens is 3. The summed E-state index contributed by atoms with van der Waals surface area (Å²) in [7, 11) is 0. The topological polar surface area (TPSA) is 38.7 Å². The Morgan fingerprint density at radius 3 is 1.35 bits per heavy atom. The summed E-state index contributed by atoms with van der Waals surface area (Å²) in [5.41, 5.74) is 5.21. The number of rotatable bonds is 4. The second kappa shape index (κ2) is 12.7. The zero-order valence-electron chi connectivity index (χ0n) is 32.4. The summed E-state index contributed by atoms with van der Waals surface area (Å²) in [6, 6.07) is 72.5. The zero-order valence-corrected chi connectivity index (χ0v) is 32.4. The Labute approximate surface area is 345 Å². The lowest BCUT2D eigenvalue weighted by atomic mass is 9.86. The van der Waals surface area contributed by atoms with Crippen molar-refractivity contribution in [3.8, 4) is 45.3 Å². The Balaban J connectivity index is 1.08. The first-order valence-corrected chi connectivity index (χ1v) is 20.5. The van der Waals surface area contributed by atoms with Crippen LogP contribution in [0.25, 0.3) is 131 Å². The van der Waals surface area contributed by atoms with Crippen molar-refractivity contribution in [3.05, 3.63) is 200 Å². The fraction of sp³-hybridized carbons (Fsp3) is 0. The molecule has 13 aromatic rings. The van der Waals surface area contributed by atoms with Crippen LogP contribution in [0.1, 0.15) is 0 Å². The number of hydrogen-bond acceptors (Lipinski definition) is 3. The van der Waals surface area contributed by atoms with Crippen molar-refractivity contribution in [1.82, 2.24) is 15.0 Å². The van der Waals surface area contributed by atoms with Crippen LogP contribution in [0.3, 0.4) is 0 Å². The van der Waals surface area contributed by atoms with Gasteiger partial charge in [-0.15, -0.1) is 0 Å². The first-order chi connectivity index (χ1) is 29.7. The van der Waals surface area contributed by atoms with Gasteiger partial charge in [0.1, 0.15) is 0 Å². The van der Waals surface area contributed by atoms with Crippen molar-refractivity contribution in [1.29, 1.82) is 0 Å². The quantitative estimate of drug-likeness (QED) is 0.168. The average molecular weight is 760 g/mol. The van der Waals surface area contributed by atoms with Crippen molar-refractivity contribution in [2.24, 2.45) is 0 Å². The van der Waals surface area contributed by atoms with E-state index in [0.29, 0.717) is 17.5 Å². The normalized spacial score (nSPS) is 12.0. The van der Waals surface area contributed by atoms with Gasteiger partial charge in [-0.05, 0) is 122 Å². The number of fused-ring (bicyclic) bond motifs is 4. The molecule has 12 aromatic carbocycles. The average Bonchev–Trinajstić information content (AvgIpc) is 3.32. The van der Waals surface area contributed by atoms with Crippen LogP contribution >= 0.6 is 0 Å². The van der Waals surface area contributed by atoms with E-state index in [2.05, 4.69) is 182 Å². The third-order valence-corrected chi connectivity index (χ3v) is 12.6. The maximum atomic E-state index is 5.22. The van der Waals surface area contributed by atoms with Gasteiger partial charge in [-0.1, -0.05) is 176 Å². The van der Waals surface area contributed by atoms with Crippen LogP contribution in [0.4, 0.5) is 0 Å². The van der Waals surface area contributed by atoms with E-state index in [1.807, 2.05) is 18.2 Å². The van der Waals surface area contributed by atoms with Gasteiger partial charge in [0.15, 0.2) is 17.5 Å². The zero-order chi connectivity index (χ0) is 39.3. The van der Waals surface area contributed by atoms with Crippen LogP contribution < -0.4 is 0 Å². The highest BCUT2D eigenvalue weighted by atomic mass is 15.0. The maximum absolute atomic E-state index is 5.22. The van der Waals surface area contributed by atoms with Gasteiger partial charge < -0.3 is 0 Å². The first kappa shape index (κ1) is 33.0. The van der Waals surface area contributed by atoms with Crippen LogP contribution in [0.15, 0.2) is 200 Å². The van der Waals surface area contributed by atoms with Gasteiger partial charge in [0.05, 0.1) is 0 Å². The van der Waals surface area contributed by atoms with Crippen molar-refractivity contribution in [2.75, 3.05) is 0 Å². The molecule has 1 aromatic heterocycles. The molecule has 0 aliphatic heterocycles. The molecule has 0 atom stereocenters. The van der Waals surface area contributed by atoms with Crippen LogP contribution in [0.2, 0.25) is 0 Å². The highest BCUT2D eigenvalue weighted by molar-refractivity contribution is 6.37. The molecule has 3 heteroatoms. The largest absolute Gasteiger partial charge is 0.208 e. The molecule has 0 spiro atoms. The SMILES string of the molecule is c1ccc(-c2nc(-c3ccc4ccccc4c3)nc(-c3ccc(-c4cc5ccc6cccc7c8cccc9ccc%10cccc(c(c4)c5c67)c%10c98)c4ccccc34)n2)cc1. The number of nitrogens with zero attached hydrogens (tertiary/aromatic N) is 3. The molecule has 60 heavy (non-hydrogen) atoms. The minimum Gasteiger partial charge on any atom is -0.208 e. The van der Waals surface area contributed by atoms with E-state index in [4.69, 9.17) is 15.0 Å². The summed E-state index contributed by atoms with van der Waals surface area (Å²) in [6.45, 7) is 0. The summed E-state index contributed by atoms with van der Waals surface area (Å²) < 4.78 is 0. The molecule has 0 aliphatic rings. The van der Waals surface area contributed by atoms with Gasteiger partial charge in [-0.3, -0.25) is 0 Å². The standard InChI is InChI=1S/C57H33N3/c1-2-12-38(13-3-1)55-58-56(41-28-23-34-11-4-5-14-39(34)31-41)60-57(59-55)49-30-29-43(44-18-6-7-19-45(44)49)42-32-40-27-26-37-16-9-21-47-46-20-8-15-35-24-25-36-17-10-22-48(53(36)51(35)46)50(33-42)54(40)52(37)47/h1-33H. The molecule has 0 fully saturated rings. The smallest absolute Gasteiger partial charge is 0.164 e. The Morgan fingerprint density at radius 2 is 0.667 bits per heavy atom. The molecular weight excluding hydrogens is 727 g/mol. The molecule has 0 radical (unpaired) electrons. The molecule has 0 aliphatic carbocycles. The molecule has 1 heterocycles. The lowest BCUT2D eigenvalue weighted by Gasteiger charge is -2.18. The summed E-state index contributed by atoms with van der Waals surface area (Å²) in [5, 5.41) is 19.9. The van der Waals surface area contributed by atoms with Crippen LogP contribution in [0.5, 0.6) is 0 Å². The highest BCUT2D eigenvalue weighted by Gasteiger charge is 2.19. The van der Waals surface area contributed by atoms with E-state index in [1.165, 1.54) is 81.1 Å². The maximum Gasteiger partial charge on any atom is 0.164 e. The third-order valence-electron chi connectivity index (χ3n) is 12.6. The Kier molecular flexibility index (Phi) is 7.01. The lowest BCUT2D eigenvalue weighted by Crippen LogP contribution is -2.01. The van der Waals surface area contributed by atoms with E-state index in [9.17, 15) is 0 Å². The fourth-order valence-electron chi connectivity index (χ4n) is 9.86. The number of benzene rings is 11. The summed E-state index contributed by atoms with van der Waals surface area (Å²) in [6.07, 6.45) is 0. The predicted molar refractivity (Wildman–Crippen MR) is 253 cm³/mol. The van der Waals surface area contributed by atoms with Gasteiger partial charge in [0.2, 0.25) is 0 Å². The van der Waals surface area contributed by atoms with Gasteiger partial charge >= 0.3 is 0 Å². The first-order valence-electron chi connectivity index (χ1n) is 20.5. The summed E-state index contributed by atoms with van der Waals surface area (Å²) >= 11 is 0. The Hall–Kier alpha value is -8.01.